The minimum absolute atomic E-state index is 0.232. The van der Waals surface area contributed by atoms with E-state index in [2.05, 4.69) is 6.58 Å². The van der Waals surface area contributed by atoms with E-state index >= 15 is 0 Å². The molecule has 2 aromatic carbocycles. The quantitative estimate of drug-likeness (QED) is 0.534. The molecule has 0 aliphatic carbocycles. The van der Waals surface area contributed by atoms with Crippen LogP contribution in [0.3, 0.4) is 0 Å². The number of halogens is 1. The molecule has 3 nitrogen and oxygen atoms in total. The van der Waals surface area contributed by atoms with Crippen LogP contribution in [0, 0.1) is 5.82 Å². The van der Waals surface area contributed by atoms with Crippen molar-refractivity contribution in [3.8, 4) is 5.75 Å². The summed E-state index contributed by atoms with van der Waals surface area (Å²) >= 11 is 0. The summed E-state index contributed by atoms with van der Waals surface area (Å²) in [5, 5.41) is 19.3. The third-order valence-corrected chi connectivity index (χ3v) is 4.83. The lowest BCUT2D eigenvalue weighted by Crippen LogP contribution is -2.31. The Balaban J connectivity index is 1.87. The molecule has 0 spiro atoms. The molecule has 2 aromatic rings. The Kier molecular flexibility index (Phi) is 6.50. The summed E-state index contributed by atoms with van der Waals surface area (Å²) < 4.78 is 19.5. The smallest absolute Gasteiger partial charge is 0.458 e. The molecule has 144 valence electrons. The van der Waals surface area contributed by atoms with Crippen LogP contribution in [0.25, 0.3) is 11.6 Å². The summed E-state index contributed by atoms with van der Waals surface area (Å²) in [6.45, 7) is 5.95. The van der Waals surface area contributed by atoms with Gasteiger partial charge in [0.25, 0.3) is 0 Å². The lowest BCUT2D eigenvalue weighted by atomic mass is 9.78. The van der Waals surface area contributed by atoms with Gasteiger partial charge in [-0.2, -0.15) is 0 Å². The number of phenols is 1. The Hall–Kier alpha value is -2.63. The van der Waals surface area contributed by atoms with Gasteiger partial charge in [0, 0.05) is 6.32 Å². The van der Waals surface area contributed by atoms with E-state index in [-0.39, 0.29) is 11.9 Å². The Labute approximate surface area is 165 Å². The summed E-state index contributed by atoms with van der Waals surface area (Å²) in [6.07, 6.45) is 5.48. The fourth-order valence-corrected chi connectivity index (χ4v) is 3.40. The molecule has 1 unspecified atom stereocenters. The van der Waals surface area contributed by atoms with Crippen LogP contribution in [0.5, 0.6) is 5.75 Å². The highest BCUT2D eigenvalue weighted by atomic mass is 19.1. The van der Waals surface area contributed by atoms with Crippen LogP contribution in [-0.2, 0) is 4.65 Å². The minimum atomic E-state index is -0.802. The maximum Gasteiger partial charge on any atom is 0.458 e. The number of phenolic OH excluding ortho intramolecular Hbond substituents is 1. The highest BCUT2D eigenvalue weighted by Gasteiger charge is 2.27. The van der Waals surface area contributed by atoms with Gasteiger partial charge in [-0.25, -0.2) is 4.39 Å². The Morgan fingerprint density at radius 3 is 2.71 bits per heavy atom. The van der Waals surface area contributed by atoms with Gasteiger partial charge in [0.2, 0.25) is 0 Å². The van der Waals surface area contributed by atoms with Gasteiger partial charge in [0.15, 0.2) is 11.6 Å². The van der Waals surface area contributed by atoms with Crippen molar-refractivity contribution in [1.29, 1.82) is 0 Å². The minimum Gasteiger partial charge on any atom is -0.505 e. The monoisotopic (exact) mass is 378 g/mol. The molecule has 1 aliphatic rings. The maximum absolute atomic E-state index is 13.7. The summed E-state index contributed by atoms with van der Waals surface area (Å²) in [7, 11) is -0.802. The molecule has 0 fully saturated rings. The van der Waals surface area contributed by atoms with E-state index in [0.717, 1.165) is 22.3 Å². The van der Waals surface area contributed by atoms with Crippen LogP contribution in [-0.4, -0.2) is 23.4 Å². The number of allylic oxidation sites excluding steroid dienone is 2. The molecule has 0 amide bonds. The Morgan fingerprint density at radius 1 is 1.29 bits per heavy atom. The average molecular weight is 378 g/mol. The summed E-state index contributed by atoms with van der Waals surface area (Å²) in [6, 6.07) is 14.2. The molecule has 5 heteroatoms. The molecule has 2 N–H and O–H groups in total. The Morgan fingerprint density at radius 2 is 2.04 bits per heavy atom. The first-order chi connectivity index (χ1) is 13.4. The van der Waals surface area contributed by atoms with Crippen molar-refractivity contribution in [3.63, 3.8) is 0 Å². The number of hydrogen-bond acceptors (Lipinski definition) is 3. The second-order valence-corrected chi connectivity index (χ2v) is 7.04. The highest BCUT2D eigenvalue weighted by molar-refractivity contribution is 6.43. The number of hydrogen-bond donors (Lipinski definition) is 2. The van der Waals surface area contributed by atoms with Crippen molar-refractivity contribution in [3.05, 3.63) is 89.3 Å². The number of aromatic hydroxyl groups is 1. The van der Waals surface area contributed by atoms with E-state index in [1.54, 1.807) is 6.07 Å². The first kappa shape index (κ1) is 20.1. The molecular weight excluding hydrogens is 354 g/mol. The van der Waals surface area contributed by atoms with Crippen molar-refractivity contribution in [2.75, 3.05) is 0 Å². The maximum atomic E-state index is 13.7. The van der Waals surface area contributed by atoms with Gasteiger partial charge in [-0.1, -0.05) is 60.7 Å². The van der Waals surface area contributed by atoms with Gasteiger partial charge < -0.3 is 14.8 Å². The van der Waals surface area contributed by atoms with Crippen LogP contribution in [0.2, 0.25) is 6.32 Å². The molecular formula is C23H24BFO3. The zero-order valence-corrected chi connectivity index (χ0v) is 15.9. The molecule has 1 atom stereocenters. The molecule has 0 aromatic heterocycles. The third kappa shape index (κ3) is 5.00. The topological polar surface area (TPSA) is 49.7 Å². The highest BCUT2D eigenvalue weighted by Crippen LogP contribution is 2.31. The van der Waals surface area contributed by atoms with E-state index in [1.807, 2.05) is 49.4 Å². The fourth-order valence-electron chi connectivity index (χ4n) is 3.40. The van der Waals surface area contributed by atoms with Crippen molar-refractivity contribution < 1.29 is 19.2 Å². The van der Waals surface area contributed by atoms with Crippen LogP contribution >= 0.6 is 0 Å². The lowest BCUT2D eigenvalue weighted by molar-refractivity contribution is 0.184. The van der Waals surface area contributed by atoms with Gasteiger partial charge in [0.05, 0.1) is 6.10 Å². The van der Waals surface area contributed by atoms with Crippen molar-refractivity contribution in [2.24, 2.45) is 0 Å². The van der Waals surface area contributed by atoms with Crippen molar-refractivity contribution in [1.82, 2.24) is 0 Å². The van der Waals surface area contributed by atoms with E-state index in [9.17, 15) is 14.5 Å². The van der Waals surface area contributed by atoms with Crippen LogP contribution in [0.4, 0.5) is 4.39 Å². The van der Waals surface area contributed by atoms with E-state index in [0.29, 0.717) is 24.7 Å². The van der Waals surface area contributed by atoms with Crippen molar-refractivity contribution >= 4 is 18.8 Å². The molecule has 0 bridgehead atoms. The largest absolute Gasteiger partial charge is 0.505 e. The zero-order chi connectivity index (χ0) is 20.1. The normalized spacial score (nSPS) is 17.4. The molecule has 0 saturated heterocycles. The van der Waals surface area contributed by atoms with Crippen LogP contribution < -0.4 is 0 Å². The van der Waals surface area contributed by atoms with Crippen LogP contribution in [0.15, 0.2) is 72.3 Å². The van der Waals surface area contributed by atoms with E-state index in [1.165, 1.54) is 12.1 Å². The summed E-state index contributed by atoms with van der Waals surface area (Å²) in [5.74, 6) is -1.01. The molecule has 28 heavy (non-hydrogen) atoms. The van der Waals surface area contributed by atoms with Gasteiger partial charge >= 0.3 is 7.12 Å². The first-order valence-corrected chi connectivity index (χ1v) is 9.38. The average Bonchev–Trinajstić information content (AvgIpc) is 2.68. The van der Waals surface area contributed by atoms with E-state index in [4.69, 9.17) is 4.65 Å². The SMILES string of the molecule is C=C(C)C1=CCB(O)OC1CC/C(=C/c1ccc(O)c(F)c1)c1ccccc1. The Bertz CT molecular complexity index is 905. The molecule has 0 saturated carbocycles. The summed E-state index contributed by atoms with van der Waals surface area (Å²) in [5.41, 5.74) is 4.69. The van der Waals surface area contributed by atoms with Gasteiger partial charge in [0.1, 0.15) is 0 Å². The first-order valence-electron chi connectivity index (χ1n) is 9.38. The predicted octanol–water partition coefficient (Wildman–Crippen LogP) is 5.23. The fraction of sp³-hybridized carbons (Fsp3) is 0.217. The van der Waals surface area contributed by atoms with Gasteiger partial charge in [-0.15, -0.1) is 0 Å². The third-order valence-electron chi connectivity index (χ3n) is 4.83. The second kappa shape index (κ2) is 9.04. The zero-order valence-electron chi connectivity index (χ0n) is 15.9. The number of rotatable bonds is 6. The number of benzene rings is 2. The van der Waals surface area contributed by atoms with Crippen molar-refractivity contribution in [2.45, 2.75) is 32.2 Å². The second-order valence-electron chi connectivity index (χ2n) is 7.04. The molecule has 1 heterocycles. The summed E-state index contributed by atoms with van der Waals surface area (Å²) in [4.78, 5) is 0. The van der Waals surface area contributed by atoms with E-state index < -0.39 is 12.9 Å². The molecule has 3 rings (SSSR count). The van der Waals surface area contributed by atoms with Gasteiger partial charge in [-0.3, -0.25) is 0 Å². The van der Waals surface area contributed by atoms with Gasteiger partial charge in [-0.05, 0) is 54.2 Å². The predicted molar refractivity (Wildman–Crippen MR) is 112 cm³/mol. The molecule has 0 radical (unpaired) electrons. The standard InChI is InChI=1S/C23H24BFO3/c1-16(2)20-12-13-24(27)28-23(20)11-9-19(18-6-4-3-5-7-18)14-17-8-10-22(26)21(25)15-17/h3-8,10,12,14-15,23,26-27H,1,9,11,13H2,2H3/b19-14-. The van der Waals surface area contributed by atoms with Crippen LogP contribution in [0.1, 0.15) is 30.9 Å². The molecule has 1 aliphatic heterocycles. The lowest BCUT2D eigenvalue weighted by Gasteiger charge is -2.27.